The van der Waals surface area contributed by atoms with Gasteiger partial charge in [0.2, 0.25) is 0 Å². The van der Waals surface area contributed by atoms with Crippen molar-refractivity contribution in [1.82, 2.24) is 20.4 Å². The van der Waals surface area contributed by atoms with Crippen molar-refractivity contribution >= 4 is 23.8 Å². The molecule has 0 aromatic carbocycles. The van der Waals surface area contributed by atoms with Gasteiger partial charge in [-0.05, 0) is 84.7 Å². The Morgan fingerprint density at radius 3 is 1.67 bits per heavy atom. The summed E-state index contributed by atoms with van der Waals surface area (Å²) in [7, 11) is 2.33. The fraction of sp³-hybridized carbons (Fsp3) is 0.955. The van der Waals surface area contributed by atoms with Crippen LogP contribution in [0.1, 0.15) is 200 Å². The Morgan fingerprint density at radius 1 is 0.615 bits per heavy atom. The molecular formula is C44H86N4O3S. The van der Waals surface area contributed by atoms with Crippen molar-refractivity contribution in [3.8, 4) is 0 Å². The van der Waals surface area contributed by atoms with E-state index < -0.39 is 0 Å². The minimum atomic E-state index is -0.0476. The number of carbonyl (C=O) groups is 2. The van der Waals surface area contributed by atoms with E-state index >= 15 is 0 Å². The number of esters is 1. The summed E-state index contributed by atoms with van der Waals surface area (Å²) < 4.78 is 5.56. The zero-order valence-electron chi connectivity index (χ0n) is 34.7. The van der Waals surface area contributed by atoms with Crippen LogP contribution in [-0.4, -0.2) is 91.3 Å². The van der Waals surface area contributed by atoms with Gasteiger partial charge in [0, 0.05) is 17.4 Å². The van der Waals surface area contributed by atoms with Crippen LogP contribution in [0.5, 0.6) is 0 Å². The Bertz CT molecular complexity index is 848. The molecule has 2 N–H and O–H groups in total. The van der Waals surface area contributed by atoms with Crippen LogP contribution in [0.3, 0.4) is 0 Å². The monoisotopic (exact) mass is 751 g/mol. The Balaban J connectivity index is 1.51. The second-order valence-corrected chi connectivity index (χ2v) is 17.6. The molecule has 0 radical (unpaired) electrons. The number of thioether (sulfide) groups is 1. The van der Waals surface area contributed by atoms with Gasteiger partial charge in [-0.15, -0.1) is 0 Å². The summed E-state index contributed by atoms with van der Waals surface area (Å²) in [5.74, 6) is 0.943. The topological polar surface area (TPSA) is 73.9 Å². The highest BCUT2D eigenvalue weighted by atomic mass is 32.2. The first-order valence-corrected chi connectivity index (χ1v) is 23.8. The van der Waals surface area contributed by atoms with E-state index in [1.165, 1.54) is 180 Å². The van der Waals surface area contributed by atoms with E-state index in [0.717, 1.165) is 37.9 Å². The Labute approximate surface area is 327 Å². The average molecular weight is 751 g/mol. The van der Waals surface area contributed by atoms with Crippen molar-refractivity contribution in [2.75, 3.05) is 52.1 Å². The number of hydrogen-bond donors (Lipinski definition) is 2. The smallest absolute Gasteiger partial charge is 0.315 e. The third kappa shape index (κ3) is 25.2. The summed E-state index contributed by atoms with van der Waals surface area (Å²) in [6.45, 7) is 11.3. The van der Waals surface area contributed by atoms with Gasteiger partial charge in [-0.1, -0.05) is 149 Å². The molecule has 3 unspecified atom stereocenters. The molecule has 8 heteroatoms. The van der Waals surface area contributed by atoms with Gasteiger partial charge in [0.1, 0.15) is 0 Å². The van der Waals surface area contributed by atoms with Gasteiger partial charge in [-0.25, -0.2) is 4.79 Å². The predicted molar refractivity (Wildman–Crippen MR) is 226 cm³/mol. The Kier molecular flexibility index (Phi) is 30.3. The second kappa shape index (κ2) is 33.4. The lowest BCUT2D eigenvalue weighted by Crippen LogP contribution is -2.36. The molecule has 2 amide bonds. The molecule has 2 fully saturated rings. The number of nitrogens with zero attached hydrogens (tertiary/aromatic N) is 2. The summed E-state index contributed by atoms with van der Waals surface area (Å²) in [6.07, 6.45) is 37.4. The molecule has 2 aliphatic rings. The highest BCUT2D eigenvalue weighted by Crippen LogP contribution is 2.33. The molecule has 2 rings (SSSR count). The third-order valence-corrected chi connectivity index (χ3v) is 12.9. The zero-order valence-corrected chi connectivity index (χ0v) is 35.5. The van der Waals surface area contributed by atoms with Gasteiger partial charge in [0.25, 0.3) is 0 Å². The number of fused-ring (bicyclic) bond motifs is 1. The molecule has 0 aromatic heterocycles. The lowest BCUT2D eigenvalue weighted by molar-refractivity contribution is -0.143. The van der Waals surface area contributed by atoms with E-state index in [1.54, 1.807) is 0 Å². The van der Waals surface area contributed by atoms with E-state index in [9.17, 15) is 9.59 Å². The average Bonchev–Trinajstić information content (AvgIpc) is 3.69. The quantitative estimate of drug-likeness (QED) is 0.0372. The first-order valence-electron chi connectivity index (χ1n) is 22.8. The van der Waals surface area contributed by atoms with Crippen LogP contribution in [0.2, 0.25) is 0 Å². The number of nitrogens with one attached hydrogen (secondary N) is 2. The van der Waals surface area contributed by atoms with Crippen LogP contribution >= 0.6 is 11.8 Å². The summed E-state index contributed by atoms with van der Waals surface area (Å²) in [4.78, 5) is 29.2. The molecule has 2 heterocycles. The standard InChI is InChI=1S/C44H86N4O3S/c1-4-6-8-10-12-14-16-18-20-26-33-47(3)34-30-37-48(35-27-21-19-17-15-13-11-9-7-5-2)36-28-22-23-29-38-51-42(49)32-25-24-31-41-43-40(39-52-41)45-44(50)46-43/h40-41,43H,4-39H2,1-3H3,(H2,45,46,50). The number of ether oxygens (including phenoxy) is 1. The molecule has 0 bridgehead atoms. The van der Waals surface area contributed by atoms with Gasteiger partial charge in [0.15, 0.2) is 0 Å². The van der Waals surface area contributed by atoms with Gasteiger partial charge in [0.05, 0.1) is 18.7 Å². The molecule has 0 saturated carbocycles. The van der Waals surface area contributed by atoms with Crippen molar-refractivity contribution < 1.29 is 14.3 Å². The zero-order chi connectivity index (χ0) is 37.3. The Hall–Kier alpha value is -0.990. The molecule has 3 atom stereocenters. The molecule has 7 nitrogen and oxygen atoms in total. The lowest BCUT2D eigenvalue weighted by atomic mass is 10.0. The van der Waals surface area contributed by atoms with Crippen LogP contribution < -0.4 is 10.6 Å². The van der Waals surface area contributed by atoms with Crippen LogP contribution in [0.25, 0.3) is 0 Å². The number of unbranched alkanes of at least 4 members (excludes halogenated alkanes) is 22. The summed E-state index contributed by atoms with van der Waals surface area (Å²) in [5, 5.41) is 6.52. The van der Waals surface area contributed by atoms with Gasteiger partial charge >= 0.3 is 12.0 Å². The fourth-order valence-corrected chi connectivity index (χ4v) is 9.55. The molecule has 0 aromatic rings. The first-order chi connectivity index (χ1) is 25.5. The summed E-state index contributed by atoms with van der Waals surface area (Å²) >= 11 is 1.94. The van der Waals surface area contributed by atoms with Gasteiger partial charge in [-0.3, -0.25) is 4.79 Å². The second-order valence-electron chi connectivity index (χ2n) is 16.4. The lowest BCUT2D eigenvalue weighted by Gasteiger charge is -2.24. The number of urea groups is 1. The van der Waals surface area contributed by atoms with Crippen LogP contribution in [0, 0.1) is 0 Å². The number of hydrogen-bond acceptors (Lipinski definition) is 6. The van der Waals surface area contributed by atoms with Gasteiger partial charge < -0.3 is 25.2 Å². The summed E-state index contributed by atoms with van der Waals surface area (Å²) in [5.41, 5.74) is 0. The minimum absolute atomic E-state index is 0.0289. The molecule has 0 aliphatic carbocycles. The van der Waals surface area contributed by atoms with Crippen molar-refractivity contribution in [1.29, 1.82) is 0 Å². The molecule has 0 spiro atoms. The van der Waals surface area contributed by atoms with Crippen LogP contribution in [0.15, 0.2) is 0 Å². The first kappa shape index (κ1) is 47.2. The summed E-state index contributed by atoms with van der Waals surface area (Å²) in [6, 6.07) is 0.497. The fourth-order valence-electron chi connectivity index (χ4n) is 8.01. The minimum Gasteiger partial charge on any atom is -0.466 e. The van der Waals surface area contributed by atoms with E-state index in [2.05, 4.69) is 41.3 Å². The van der Waals surface area contributed by atoms with E-state index in [0.29, 0.717) is 18.3 Å². The van der Waals surface area contributed by atoms with Crippen molar-refractivity contribution in [2.45, 2.75) is 217 Å². The van der Waals surface area contributed by atoms with Crippen LogP contribution in [0.4, 0.5) is 4.79 Å². The molecule has 2 saturated heterocycles. The highest BCUT2D eigenvalue weighted by Gasteiger charge is 2.42. The molecule has 52 heavy (non-hydrogen) atoms. The highest BCUT2D eigenvalue weighted by molar-refractivity contribution is 8.00. The van der Waals surface area contributed by atoms with E-state index in [4.69, 9.17) is 4.74 Å². The van der Waals surface area contributed by atoms with Crippen molar-refractivity contribution in [3.63, 3.8) is 0 Å². The Morgan fingerprint density at radius 2 is 1.10 bits per heavy atom. The normalized spacial score (nSPS) is 18.3. The number of rotatable bonds is 38. The third-order valence-electron chi connectivity index (χ3n) is 11.4. The van der Waals surface area contributed by atoms with Gasteiger partial charge in [-0.2, -0.15) is 11.8 Å². The molecular weight excluding hydrogens is 665 g/mol. The maximum atomic E-state index is 12.3. The maximum absolute atomic E-state index is 12.3. The SMILES string of the molecule is CCCCCCCCCCCCN(C)CCCN(CCCCCCCCCCCC)CCCCCCOC(=O)CCCCC1SCC2NC(=O)NC21. The largest absolute Gasteiger partial charge is 0.466 e. The van der Waals surface area contributed by atoms with Crippen molar-refractivity contribution in [2.24, 2.45) is 0 Å². The van der Waals surface area contributed by atoms with Crippen molar-refractivity contribution in [3.05, 3.63) is 0 Å². The maximum Gasteiger partial charge on any atom is 0.315 e. The van der Waals surface area contributed by atoms with E-state index in [-0.39, 0.29) is 24.1 Å². The number of amides is 2. The molecule has 2 aliphatic heterocycles. The molecule has 306 valence electrons. The van der Waals surface area contributed by atoms with Crippen LogP contribution in [-0.2, 0) is 9.53 Å². The predicted octanol–water partition coefficient (Wildman–Crippen LogP) is 11.3. The van der Waals surface area contributed by atoms with E-state index in [1.807, 2.05) is 11.8 Å². The number of carbonyl (C=O) groups excluding carboxylic acids is 2.